The Labute approximate surface area is 133 Å². The topological polar surface area (TPSA) is 69.8 Å². The first kappa shape index (κ1) is 16.3. The molecule has 0 atom stereocenters. The third-order valence-corrected chi connectivity index (χ3v) is 4.83. The van der Waals surface area contributed by atoms with E-state index in [1.807, 2.05) is 20.9 Å². The molecule has 116 valence electrons. The molecule has 0 fully saturated rings. The van der Waals surface area contributed by atoms with Gasteiger partial charge in [0.15, 0.2) is 5.03 Å². The summed E-state index contributed by atoms with van der Waals surface area (Å²) >= 11 is 6.31. The minimum Gasteiger partial charge on any atom is -0.327 e. The largest absolute Gasteiger partial charge is 0.327 e. The molecule has 2 heterocycles. The van der Waals surface area contributed by atoms with E-state index in [4.69, 9.17) is 22.3 Å². The molecular weight excluding hydrogens is 335 g/mol. The monoisotopic (exact) mass is 350 g/mol. The number of imidazole rings is 1. The molecule has 0 bridgehead atoms. The Kier molecular flexibility index (Phi) is 4.65. The molecule has 0 unspecified atom stereocenters. The highest BCUT2D eigenvalue weighted by Crippen LogP contribution is 2.23. The predicted octanol–water partition coefficient (Wildman–Crippen LogP) is 2.37. The minimum atomic E-state index is -3.84. The third kappa shape index (κ3) is 3.25. The summed E-state index contributed by atoms with van der Waals surface area (Å²) in [6.45, 7) is 4.27. The molecule has 0 radical (unpaired) electrons. The zero-order chi connectivity index (χ0) is 15.8. The maximum Gasteiger partial charge on any atom is 0.280 e. The molecule has 0 N–H and O–H groups in total. The summed E-state index contributed by atoms with van der Waals surface area (Å²) in [7, 11) is 3.31. The van der Waals surface area contributed by atoms with Crippen LogP contribution in [0.3, 0.4) is 0 Å². The standard InChI is InChI=1S/C12H16Cl2N4O2S/c1-4-8-12(13)9(17(3)16-8)6-18-7-11(21(14,19)20)15-10(18)5-2/h7H,4-6H2,1-3H3. The predicted molar refractivity (Wildman–Crippen MR) is 81.3 cm³/mol. The molecule has 0 aliphatic rings. The van der Waals surface area contributed by atoms with Gasteiger partial charge in [0, 0.05) is 30.3 Å². The van der Waals surface area contributed by atoms with Gasteiger partial charge in [0.2, 0.25) is 0 Å². The molecule has 9 heteroatoms. The van der Waals surface area contributed by atoms with Gasteiger partial charge < -0.3 is 4.57 Å². The number of aromatic nitrogens is 4. The van der Waals surface area contributed by atoms with Crippen molar-refractivity contribution in [3.05, 3.63) is 28.4 Å². The fourth-order valence-electron chi connectivity index (χ4n) is 2.12. The van der Waals surface area contributed by atoms with E-state index in [0.717, 1.165) is 17.8 Å². The zero-order valence-corrected chi connectivity index (χ0v) is 14.3. The van der Waals surface area contributed by atoms with Crippen molar-refractivity contribution in [3.8, 4) is 0 Å². The molecule has 0 saturated heterocycles. The van der Waals surface area contributed by atoms with E-state index in [2.05, 4.69) is 10.1 Å². The average Bonchev–Trinajstić information content (AvgIpc) is 2.94. The average molecular weight is 351 g/mol. The van der Waals surface area contributed by atoms with Crippen LogP contribution in [-0.2, 0) is 35.5 Å². The van der Waals surface area contributed by atoms with Crippen LogP contribution in [0.4, 0.5) is 0 Å². The second-order valence-electron chi connectivity index (χ2n) is 4.60. The number of aryl methyl sites for hydroxylation is 3. The number of nitrogens with zero attached hydrogens (tertiary/aromatic N) is 4. The molecule has 2 aromatic rings. The fraction of sp³-hybridized carbons (Fsp3) is 0.500. The van der Waals surface area contributed by atoms with Crippen LogP contribution < -0.4 is 0 Å². The Hall–Kier alpha value is -1.05. The normalized spacial score (nSPS) is 12.0. The Morgan fingerprint density at radius 1 is 1.29 bits per heavy atom. The quantitative estimate of drug-likeness (QED) is 0.776. The number of rotatable bonds is 5. The Morgan fingerprint density at radius 3 is 2.43 bits per heavy atom. The number of halogens is 2. The molecule has 0 spiro atoms. The highest BCUT2D eigenvalue weighted by atomic mass is 35.7. The summed E-state index contributed by atoms with van der Waals surface area (Å²) in [6, 6.07) is 0. The van der Waals surface area contributed by atoms with Gasteiger partial charge in [-0.1, -0.05) is 25.4 Å². The molecule has 0 aromatic carbocycles. The van der Waals surface area contributed by atoms with E-state index in [9.17, 15) is 8.42 Å². The van der Waals surface area contributed by atoms with Crippen molar-refractivity contribution in [2.24, 2.45) is 7.05 Å². The van der Waals surface area contributed by atoms with Crippen LogP contribution in [0.2, 0.25) is 5.02 Å². The van der Waals surface area contributed by atoms with Gasteiger partial charge in [0.05, 0.1) is 23.0 Å². The lowest BCUT2D eigenvalue weighted by Gasteiger charge is -2.07. The molecule has 0 saturated carbocycles. The lowest BCUT2D eigenvalue weighted by atomic mass is 10.3. The lowest BCUT2D eigenvalue weighted by Crippen LogP contribution is -2.08. The van der Waals surface area contributed by atoms with Crippen LogP contribution in [0.1, 0.15) is 31.1 Å². The van der Waals surface area contributed by atoms with Gasteiger partial charge in [-0.2, -0.15) is 5.10 Å². The van der Waals surface area contributed by atoms with Crippen LogP contribution >= 0.6 is 22.3 Å². The van der Waals surface area contributed by atoms with Crippen LogP contribution in [0.5, 0.6) is 0 Å². The maximum atomic E-state index is 11.4. The van der Waals surface area contributed by atoms with E-state index >= 15 is 0 Å². The summed E-state index contributed by atoms with van der Waals surface area (Å²) < 4.78 is 26.2. The van der Waals surface area contributed by atoms with E-state index in [1.165, 1.54) is 6.20 Å². The summed E-state index contributed by atoms with van der Waals surface area (Å²) in [5.41, 5.74) is 1.62. The Bertz CT molecular complexity index is 765. The second kappa shape index (κ2) is 5.98. The molecule has 21 heavy (non-hydrogen) atoms. The molecule has 0 aliphatic carbocycles. The highest BCUT2D eigenvalue weighted by molar-refractivity contribution is 8.13. The lowest BCUT2D eigenvalue weighted by molar-refractivity contribution is 0.606. The van der Waals surface area contributed by atoms with E-state index < -0.39 is 9.05 Å². The van der Waals surface area contributed by atoms with Gasteiger partial charge in [-0.3, -0.25) is 4.68 Å². The molecule has 0 amide bonds. The van der Waals surface area contributed by atoms with Crippen molar-refractivity contribution in [1.82, 2.24) is 19.3 Å². The maximum absolute atomic E-state index is 11.4. The first-order chi connectivity index (χ1) is 9.77. The van der Waals surface area contributed by atoms with Gasteiger partial charge in [-0.25, -0.2) is 13.4 Å². The fourth-order valence-corrected chi connectivity index (χ4v) is 3.16. The van der Waals surface area contributed by atoms with Crippen molar-refractivity contribution >= 4 is 31.3 Å². The third-order valence-electron chi connectivity index (χ3n) is 3.23. The highest BCUT2D eigenvalue weighted by Gasteiger charge is 2.19. The summed E-state index contributed by atoms with van der Waals surface area (Å²) in [4.78, 5) is 4.05. The molecule has 2 rings (SSSR count). The van der Waals surface area contributed by atoms with Gasteiger partial charge >= 0.3 is 0 Å². The Balaban J connectivity index is 2.45. The SMILES string of the molecule is CCc1nn(C)c(Cn2cc(S(=O)(=O)Cl)nc2CC)c1Cl. The number of hydrogen-bond donors (Lipinski definition) is 0. The van der Waals surface area contributed by atoms with Gasteiger partial charge in [-0.15, -0.1) is 0 Å². The summed E-state index contributed by atoms with van der Waals surface area (Å²) in [5, 5.41) is 4.80. The van der Waals surface area contributed by atoms with E-state index in [-0.39, 0.29) is 5.03 Å². The van der Waals surface area contributed by atoms with Crippen molar-refractivity contribution in [2.75, 3.05) is 0 Å². The van der Waals surface area contributed by atoms with Crippen molar-refractivity contribution < 1.29 is 8.42 Å². The van der Waals surface area contributed by atoms with Gasteiger partial charge in [-0.05, 0) is 6.42 Å². The summed E-state index contributed by atoms with van der Waals surface area (Å²) in [6.07, 6.45) is 2.75. The molecule has 0 aliphatic heterocycles. The van der Waals surface area contributed by atoms with Crippen LogP contribution in [0.15, 0.2) is 11.2 Å². The molecule has 2 aromatic heterocycles. The van der Waals surface area contributed by atoms with Gasteiger partial charge in [0.25, 0.3) is 9.05 Å². The Morgan fingerprint density at radius 2 is 1.95 bits per heavy atom. The first-order valence-corrected chi connectivity index (χ1v) is 9.17. The smallest absolute Gasteiger partial charge is 0.280 e. The van der Waals surface area contributed by atoms with E-state index in [1.54, 1.807) is 9.25 Å². The van der Waals surface area contributed by atoms with Crippen LogP contribution in [0.25, 0.3) is 0 Å². The van der Waals surface area contributed by atoms with Crippen LogP contribution in [-0.4, -0.2) is 27.7 Å². The van der Waals surface area contributed by atoms with Crippen molar-refractivity contribution in [1.29, 1.82) is 0 Å². The van der Waals surface area contributed by atoms with Crippen LogP contribution in [0, 0.1) is 0 Å². The van der Waals surface area contributed by atoms with Gasteiger partial charge in [0.1, 0.15) is 5.82 Å². The number of hydrogen-bond acceptors (Lipinski definition) is 4. The zero-order valence-electron chi connectivity index (χ0n) is 12.0. The van der Waals surface area contributed by atoms with Crippen molar-refractivity contribution in [2.45, 2.75) is 38.3 Å². The van der Waals surface area contributed by atoms with Crippen molar-refractivity contribution in [3.63, 3.8) is 0 Å². The van der Waals surface area contributed by atoms with E-state index in [0.29, 0.717) is 23.8 Å². The second-order valence-corrected chi connectivity index (χ2v) is 7.49. The first-order valence-electron chi connectivity index (χ1n) is 6.48. The minimum absolute atomic E-state index is 0.143. The summed E-state index contributed by atoms with van der Waals surface area (Å²) in [5.74, 6) is 0.629. The molecule has 6 nitrogen and oxygen atoms in total. The molecular formula is C12H16Cl2N4O2S.